The Morgan fingerprint density at radius 3 is 2.24 bits per heavy atom. The molecule has 1 heterocycles. The number of rotatable bonds is 2. The second kappa shape index (κ2) is 4.44. The summed E-state index contributed by atoms with van der Waals surface area (Å²) in [5, 5.41) is 7.26. The summed E-state index contributed by atoms with van der Waals surface area (Å²) in [6.07, 6.45) is 0. The second-order valence-corrected chi connectivity index (χ2v) is 7.70. The number of carbonyl (C=O) groups excluding carboxylic acids is 1. The number of anilines is 1. The molecular weight excluding hydrogens is 282 g/mol. The van der Waals surface area contributed by atoms with Crippen molar-refractivity contribution in [1.82, 2.24) is 9.78 Å². The molecular formula is C12H20BrN3O. The van der Waals surface area contributed by atoms with Crippen LogP contribution in [0.3, 0.4) is 0 Å². The average Bonchev–Trinajstić information content (AvgIpc) is 2.45. The quantitative estimate of drug-likeness (QED) is 0.854. The van der Waals surface area contributed by atoms with Crippen molar-refractivity contribution < 1.29 is 4.79 Å². The van der Waals surface area contributed by atoms with Gasteiger partial charge in [0.2, 0.25) is 5.91 Å². The zero-order chi connectivity index (χ0) is 13.4. The molecule has 17 heavy (non-hydrogen) atoms. The minimum Gasteiger partial charge on any atom is -0.310 e. The fourth-order valence-electron chi connectivity index (χ4n) is 1.22. The van der Waals surface area contributed by atoms with Gasteiger partial charge in [-0.25, -0.2) is 0 Å². The number of amides is 1. The van der Waals surface area contributed by atoms with E-state index >= 15 is 0 Å². The first-order chi connectivity index (χ1) is 7.51. The van der Waals surface area contributed by atoms with Crippen LogP contribution in [0, 0.1) is 0 Å². The third kappa shape index (κ3) is 3.56. The van der Waals surface area contributed by atoms with Crippen LogP contribution in [0.15, 0.2) is 6.07 Å². The Labute approximate surface area is 111 Å². The van der Waals surface area contributed by atoms with Crippen LogP contribution < -0.4 is 5.32 Å². The van der Waals surface area contributed by atoms with Gasteiger partial charge in [-0.2, -0.15) is 5.10 Å². The molecule has 1 amide bonds. The number of nitrogens with zero attached hydrogens (tertiary/aromatic N) is 2. The number of hydrogen-bond acceptors (Lipinski definition) is 2. The first kappa shape index (κ1) is 14.2. The molecule has 5 heteroatoms. The van der Waals surface area contributed by atoms with Gasteiger partial charge in [0.1, 0.15) is 5.82 Å². The Hall–Kier alpha value is -0.840. The van der Waals surface area contributed by atoms with Crippen molar-refractivity contribution in [3.8, 4) is 0 Å². The van der Waals surface area contributed by atoms with Gasteiger partial charge >= 0.3 is 0 Å². The van der Waals surface area contributed by atoms with Crippen molar-refractivity contribution in [1.29, 1.82) is 0 Å². The highest BCUT2D eigenvalue weighted by Crippen LogP contribution is 2.24. The summed E-state index contributed by atoms with van der Waals surface area (Å²) in [6, 6.07) is 1.91. The van der Waals surface area contributed by atoms with E-state index < -0.39 is 4.32 Å². The van der Waals surface area contributed by atoms with Crippen LogP contribution in [0.25, 0.3) is 0 Å². The van der Waals surface area contributed by atoms with Crippen LogP contribution in [-0.4, -0.2) is 20.0 Å². The van der Waals surface area contributed by atoms with Crippen molar-refractivity contribution in [2.75, 3.05) is 5.32 Å². The van der Waals surface area contributed by atoms with Crippen LogP contribution in [-0.2, 0) is 17.3 Å². The van der Waals surface area contributed by atoms with Gasteiger partial charge in [0, 0.05) is 18.5 Å². The maximum absolute atomic E-state index is 11.8. The molecule has 0 aliphatic rings. The third-order valence-corrected chi connectivity index (χ3v) is 2.79. The molecule has 96 valence electrons. The lowest BCUT2D eigenvalue weighted by Gasteiger charge is -2.15. The molecule has 0 aliphatic heterocycles. The number of aromatic nitrogens is 2. The average molecular weight is 302 g/mol. The maximum Gasteiger partial charge on any atom is 0.241 e. The standard InChI is InChI=1S/C12H20BrN3O/c1-11(2,3)8-7-9(16(6)15-8)14-10(17)12(4,5)13/h7H,1-6H3,(H,14,17). The summed E-state index contributed by atoms with van der Waals surface area (Å²) in [7, 11) is 1.83. The third-order valence-electron chi connectivity index (χ3n) is 2.43. The molecule has 0 saturated heterocycles. The molecule has 0 atom stereocenters. The van der Waals surface area contributed by atoms with Gasteiger partial charge in [0.05, 0.1) is 10.0 Å². The van der Waals surface area contributed by atoms with Crippen molar-refractivity contribution >= 4 is 27.7 Å². The number of nitrogens with one attached hydrogen (secondary N) is 1. The van der Waals surface area contributed by atoms with Crippen molar-refractivity contribution in [2.45, 2.75) is 44.4 Å². The maximum atomic E-state index is 11.8. The number of hydrogen-bond donors (Lipinski definition) is 1. The van der Waals surface area contributed by atoms with E-state index in [1.165, 1.54) is 0 Å². The van der Waals surface area contributed by atoms with E-state index in [1.54, 1.807) is 4.68 Å². The molecule has 0 saturated carbocycles. The van der Waals surface area contributed by atoms with Gasteiger partial charge in [-0.1, -0.05) is 36.7 Å². The second-order valence-electron chi connectivity index (χ2n) is 5.72. The molecule has 0 unspecified atom stereocenters. The lowest BCUT2D eigenvalue weighted by atomic mass is 9.92. The van der Waals surface area contributed by atoms with Gasteiger partial charge in [-0.3, -0.25) is 9.48 Å². The molecule has 0 spiro atoms. The van der Waals surface area contributed by atoms with E-state index in [4.69, 9.17) is 0 Å². The van der Waals surface area contributed by atoms with Crippen LogP contribution >= 0.6 is 15.9 Å². The minimum absolute atomic E-state index is 0.0232. The number of alkyl halides is 1. The predicted molar refractivity (Wildman–Crippen MR) is 73.5 cm³/mol. The predicted octanol–water partition coefficient (Wildman–Crippen LogP) is 2.83. The molecule has 0 aromatic carbocycles. The number of carbonyl (C=O) groups is 1. The van der Waals surface area contributed by atoms with E-state index in [9.17, 15) is 4.79 Å². The summed E-state index contributed by atoms with van der Waals surface area (Å²) in [5.74, 6) is 0.633. The Morgan fingerprint density at radius 1 is 1.35 bits per heavy atom. The topological polar surface area (TPSA) is 46.9 Å². The monoisotopic (exact) mass is 301 g/mol. The zero-order valence-electron chi connectivity index (χ0n) is 11.3. The Bertz CT molecular complexity index is 424. The number of aryl methyl sites for hydroxylation is 1. The van der Waals surface area contributed by atoms with Crippen LogP contribution in [0.5, 0.6) is 0 Å². The molecule has 0 bridgehead atoms. The highest BCUT2D eigenvalue weighted by atomic mass is 79.9. The first-order valence-electron chi connectivity index (χ1n) is 5.56. The molecule has 1 rings (SSSR count). The van der Waals surface area contributed by atoms with Crippen molar-refractivity contribution in [3.05, 3.63) is 11.8 Å². The summed E-state index contributed by atoms with van der Waals surface area (Å²) in [5.41, 5.74) is 0.938. The highest BCUT2D eigenvalue weighted by molar-refractivity contribution is 9.10. The normalized spacial score (nSPS) is 12.6. The van der Waals surface area contributed by atoms with E-state index in [0.29, 0.717) is 5.82 Å². The zero-order valence-corrected chi connectivity index (χ0v) is 12.8. The van der Waals surface area contributed by atoms with Crippen LogP contribution in [0.2, 0.25) is 0 Å². The summed E-state index contributed by atoms with van der Waals surface area (Å²) >= 11 is 3.33. The smallest absolute Gasteiger partial charge is 0.241 e. The SMILES string of the molecule is Cn1nc(C(C)(C)C)cc1NC(=O)C(C)(C)Br. The molecule has 1 aromatic rings. The number of halogens is 1. The minimum atomic E-state index is -0.584. The lowest BCUT2D eigenvalue weighted by molar-refractivity contribution is -0.117. The lowest BCUT2D eigenvalue weighted by Crippen LogP contribution is -2.31. The van der Waals surface area contributed by atoms with E-state index in [1.807, 2.05) is 27.0 Å². The Morgan fingerprint density at radius 2 is 1.88 bits per heavy atom. The van der Waals surface area contributed by atoms with Crippen LogP contribution in [0.4, 0.5) is 5.82 Å². The molecule has 1 aromatic heterocycles. The fourth-order valence-corrected chi connectivity index (χ4v) is 1.31. The van der Waals surface area contributed by atoms with E-state index in [-0.39, 0.29) is 11.3 Å². The van der Waals surface area contributed by atoms with Gasteiger partial charge in [-0.05, 0) is 13.8 Å². The van der Waals surface area contributed by atoms with Crippen molar-refractivity contribution in [3.63, 3.8) is 0 Å². The molecule has 1 N–H and O–H groups in total. The molecule has 0 radical (unpaired) electrons. The Kier molecular flexibility index (Phi) is 3.72. The highest BCUT2D eigenvalue weighted by Gasteiger charge is 2.26. The largest absolute Gasteiger partial charge is 0.310 e. The molecule has 4 nitrogen and oxygen atoms in total. The van der Waals surface area contributed by atoms with Crippen molar-refractivity contribution in [2.24, 2.45) is 7.05 Å². The van der Waals surface area contributed by atoms with Gasteiger partial charge in [0.25, 0.3) is 0 Å². The first-order valence-corrected chi connectivity index (χ1v) is 6.36. The fraction of sp³-hybridized carbons (Fsp3) is 0.667. The van der Waals surface area contributed by atoms with Gasteiger partial charge < -0.3 is 5.32 Å². The Balaban J connectivity index is 2.94. The van der Waals surface area contributed by atoms with Gasteiger partial charge in [0.15, 0.2) is 0 Å². The molecule has 0 fully saturated rings. The van der Waals surface area contributed by atoms with Gasteiger partial charge in [-0.15, -0.1) is 0 Å². The summed E-state index contributed by atoms with van der Waals surface area (Å²) in [6.45, 7) is 9.90. The van der Waals surface area contributed by atoms with Crippen LogP contribution in [0.1, 0.15) is 40.3 Å². The molecule has 0 aliphatic carbocycles. The van der Waals surface area contributed by atoms with E-state index in [0.717, 1.165) is 5.69 Å². The summed E-state index contributed by atoms with van der Waals surface area (Å²) in [4.78, 5) is 11.8. The summed E-state index contributed by atoms with van der Waals surface area (Å²) < 4.78 is 1.11. The van der Waals surface area contributed by atoms with E-state index in [2.05, 4.69) is 47.1 Å².